The average Bonchev–Trinajstić information content (AvgIpc) is 2.94. The first-order valence-corrected chi connectivity index (χ1v) is 9.29. The number of rotatable bonds is 8. The third kappa shape index (κ3) is 5.56. The lowest BCUT2D eigenvalue weighted by atomic mass is 10.3. The summed E-state index contributed by atoms with van der Waals surface area (Å²) in [6, 6.07) is 7.09. The van der Waals surface area contributed by atoms with Crippen LogP contribution in [0.25, 0.3) is 0 Å². The highest BCUT2D eigenvalue weighted by Crippen LogP contribution is 2.25. The highest BCUT2D eigenvalue weighted by molar-refractivity contribution is 7.99. The number of aromatic nitrogens is 3. The molecule has 0 amide bonds. The van der Waals surface area contributed by atoms with Crippen LogP contribution in [0.1, 0.15) is 12.8 Å². The van der Waals surface area contributed by atoms with Crippen LogP contribution in [-0.2, 0) is 10.0 Å². The van der Waals surface area contributed by atoms with Gasteiger partial charge in [-0.2, -0.15) is 5.10 Å². The first kappa shape index (κ1) is 16.1. The Morgan fingerprint density at radius 2 is 2.00 bits per heavy atom. The van der Waals surface area contributed by atoms with Crippen LogP contribution in [0.4, 0.5) is 5.69 Å². The number of benzene rings is 1. The van der Waals surface area contributed by atoms with Gasteiger partial charge in [0, 0.05) is 16.5 Å². The number of nitrogens with zero attached hydrogens (tertiary/aromatic N) is 2. The molecule has 0 spiro atoms. The smallest absolute Gasteiger partial charge is 0.232 e. The molecule has 1 heterocycles. The third-order valence-corrected chi connectivity index (χ3v) is 5.07. The predicted molar refractivity (Wildman–Crippen MR) is 84.3 cm³/mol. The number of unbranched alkanes of at least 4 members (excludes halogenated alkanes) is 1. The second-order valence-corrected chi connectivity index (χ2v) is 7.52. The number of nitrogens with one attached hydrogen (secondary N) is 2. The van der Waals surface area contributed by atoms with E-state index < -0.39 is 10.0 Å². The van der Waals surface area contributed by atoms with E-state index >= 15 is 0 Å². The van der Waals surface area contributed by atoms with Gasteiger partial charge in [0.15, 0.2) is 5.16 Å². The lowest BCUT2D eigenvalue weighted by Gasteiger charge is -2.08. The van der Waals surface area contributed by atoms with Gasteiger partial charge in [-0.05, 0) is 37.1 Å². The van der Waals surface area contributed by atoms with Crippen molar-refractivity contribution in [3.63, 3.8) is 0 Å². The van der Waals surface area contributed by atoms with Crippen molar-refractivity contribution in [2.75, 3.05) is 16.4 Å². The summed E-state index contributed by atoms with van der Waals surface area (Å²) in [5.41, 5.74) is 0.544. The monoisotopic (exact) mass is 346 g/mol. The molecule has 114 valence electrons. The maximum Gasteiger partial charge on any atom is 0.232 e. The van der Waals surface area contributed by atoms with Gasteiger partial charge in [-0.25, -0.2) is 13.4 Å². The van der Waals surface area contributed by atoms with Crippen LogP contribution in [-0.4, -0.2) is 35.2 Å². The highest BCUT2D eigenvalue weighted by atomic mass is 35.5. The highest BCUT2D eigenvalue weighted by Gasteiger charge is 2.10. The summed E-state index contributed by atoms with van der Waals surface area (Å²) >= 11 is 6.95. The number of anilines is 1. The molecule has 6 nitrogen and oxygen atoms in total. The van der Waals surface area contributed by atoms with Crippen molar-refractivity contribution < 1.29 is 8.42 Å². The Kier molecular flexibility index (Phi) is 5.89. The maximum atomic E-state index is 11.8. The lowest BCUT2D eigenvalue weighted by molar-refractivity contribution is 0.598. The van der Waals surface area contributed by atoms with Gasteiger partial charge in [-0.3, -0.25) is 9.82 Å². The normalized spacial score (nSPS) is 11.5. The van der Waals surface area contributed by atoms with Gasteiger partial charge in [-0.15, -0.1) is 11.6 Å². The van der Waals surface area contributed by atoms with Crippen LogP contribution in [0.3, 0.4) is 0 Å². The van der Waals surface area contributed by atoms with Crippen molar-refractivity contribution in [2.24, 2.45) is 0 Å². The van der Waals surface area contributed by atoms with E-state index in [4.69, 9.17) is 11.6 Å². The minimum absolute atomic E-state index is 0.0777. The van der Waals surface area contributed by atoms with Gasteiger partial charge < -0.3 is 0 Å². The largest absolute Gasteiger partial charge is 0.284 e. The number of hydrogen-bond acceptors (Lipinski definition) is 5. The van der Waals surface area contributed by atoms with Crippen molar-refractivity contribution in [1.29, 1.82) is 0 Å². The van der Waals surface area contributed by atoms with E-state index in [1.807, 2.05) is 12.1 Å². The zero-order valence-electron chi connectivity index (χ0n) is 11.1. The minimum atomic E-state index is -3.31. The lowest BCUT2D eigenvalue weighted by Crippen LogP contribution is -2.16. The van der Waals surface area contributed by atoms with E-state index in [0.29, 0.717) is 29.6 Å². The van der Waals surface area contributed by atoms with Crippen molar-refractivity contribution in [2.45, 2.75) is 22.9 Å². The Morgan fingerprint density at radius 3 is 2.62 bits per heavy atom. The summed E-state index contributed by atoms with van der Waals surface area (Å²) in [5, 5.41) is 7.19. The topological polar surface area (TPSA) is 87.7 Å². The molecule has 0 radical (unpaired) electrons. The summed E-state index contributed by atoms with van der Waals surface area (Å²) in [6.45, 7) is 0. The third-order valence-electron chi connectivity index (χ3n) is 2.53. The zero-order chi connectivity index (χ0) is 15.1. The second-order valence-electron chi connectivity index (χ2n) is 4.23. The van der Waals surface area contributed by atoms with Gasteiger partial charge in [-0.1, -0.05) is 11.8 Å². The molecule has 0 aliphatic heterocycles. The molecule has 2 aromatic rings. The average molecular weight is 347 g/mol. The number of sulfonamides is 1. The number of halogens is 1. The first-order chi connectivity index (χ1) is 10.1. The van der Waals surface area contributed by atoms with Crippen molar-refractivity contribution >= 4 is 39.1 Å². The number of aromatic amines is 1. The van der Waals surface area contributed by atoms with Gasteiger partial charge in [0.2, 0.25) is 10.0 Å². The van der Waals surface area contributed by atoms with E-state index in [-0.39, 0.29) is 5.75 Å². The molecular formula is C12H15ClN4O2S2. The standard InChI is InChI=1S/C12H15ClN4O2S2/c13-7-1-2-8-21(18,19)17-10-3-5-11(6-4-10)20-12-14-9-15-16-12/h3-6,9,17H,1-2,7-8H2,(H,14,15,16). The SMILES string of the molecule is O=S(=O)(CCCCCl)Nc1ccc(Sc2ncn[nH]2)cc1. The Balaban J connectivity index is 1.92. The van der Waals surface area contributed by atoms with E-state index in [1.165, 1.54) is 18.1 Å². The molecule has 2 rings (SSSR count). The van der Waals surface area contributed by atoms with Crippen LogP contribution in [0, 0.1) is 0 Å². The van der Waals surface area contributed by atoms with Crippen molar-refractivity contribution in [3.8, 4) is 0 Å². The van der Waals surface area contributed by atoms with Gasteiger partial charge in [0.1, 0.15) is 6.33 Å². The van der Waals surface area contributed by atoms with Crippen LogP contribution < -0.4 is 4.72 Å². The minimum Gasteiger partial charge on any atom is -0.284 e. The molecule has 0 saturated heterocycles. The number of hydrogen-bond donors (Lipinski definition) is 2. The summed E-state index contributed by atoms with van der Waals surface area (Å²) in [6.07, 6.45) is 2.68. The van der Waals surface area contributed by atoms with E-state index in [1.54, 1.807) is 12.1 Å². The molecule has 0 aliphatic rings. The molecular weight excluding hydrogens is 332 g/mol. The van der Waals surface area contributed by atoms with E-state index in [9.17, 15) is 8.42 Å². The molecule has 0 saturated carbocycles. The molecule has 1 aromatic heterocycles. The van der Waals surface area contributed by atoms with Crippen LogP contribution >= 0.6 is 23.4 Å². The zero-order valence-corrected chi connectivity index (χ0v) is 13.5. The fourth-order valence-electron chi connectivity index (χ4n) is 1.56. The quantitative estimate of drug-likeness (QED) is 0.566. The van der Waals surface area contributed by atoms with Gasteiger partial charge in [0.25, 0.3) is 0 Å². The van der Waals surface area contributed by atoms with E-state index in [2.05, 4.69) is 19.9 Å². The Labute approximate surface area is 132 Å². The fourth-order valence-corrected chi connectivity index (χ4v) is 3.63. The maximum absolute atomic E-state index is 11.8. The Morgan fingerprint density at radius 1 is 1.24 bits per heavy atom. The molecule has 0 bridgehead atoms. The van der Waals surface area contributed by atoms with Gasteiger partial charge in [0.05, 0.1) is 5.75 Å². The first-order valence-electron chi connectivity index (χ1n) is 6.29. The van der Waals surface area contributed by atoms with Crippen molar-refractivity contribution in [1.82, 2.24) is 15.2 Å². The number of H-pyrrole nitrogens is 1. The molecule has 0 fully saturated rings. The fraction of sp³-hybridized carbons (Fsp3) is 0.333. The molecule has 0 unspecified atom stereocenters. The predicted octanol–water partition coefficient (Wildman–Crippen LogP) is 2.72. The Hall–Kier alpha value is -1.25. The van der Waals surface area contributed by atoms with Crippen molar-refractivity contribution in [3.05, 3.63) is 30.6 Å². The van der Waals surface area contributed by atoms with Crippen LogP contribution in [0.5, 0.6) is 0 Å². The Bertz CT molecular complexity index is 644. The molecule has 9 heteroatoms. The van der Waals surface area contributed by atoms with Crippen LogP contribution in [0.2, 0.25) is 0 Å². The summed E-state index contributed by atoms with van der Waals surface area (Å²) in [5.74, 6) is 0.553. The summed E-state index contributed by atoms with van der Waals surface area (Å²) < 4.78 is 26.2. The molecule has 2 N–H and O–H groups in total. The number of alkyl halides is 1. The molecule has 1 aromatic carbocycles. The summed E-state index contributed by atoms with van der Waals surface area (Å²) in [4.78, 5) is 4.95. The molecule has 0 aliphatic carbocycles. The molecule has 21 heavy (non-hydrogen) atoms. The van der Waals surface area contributed by atoms with Gasteiger partial charge >= 0.3 is 0 Å². The van der Waals surface area contributed by atoms with E-state index in [0.717, 1.165) is 4.90 Å². The van der Waals surface area contributed by atoms with Crippen LogP contribution in [0.15, 0.2) is 40.6 Å². The molecule has 0 atom stereocenters. The second kappa shape index (κ2) is 7.67. The summed E-state index contributed by atoms with van der Waals surface area (Å²) in [7, 11) is -3.31.